The lowest BCUT2D eigenvalue weighted by molar-refractivity contribution is -0.137. The summed E-state index contributed by atoms with van der Waals surface area (Å²) in [6.45, 7) is 4.54. The maximum Gasteiger partial charge on any atom is 0.417 e. The Morgan fingerprint density at radius 1 is 1.23 bits per heavy atom. The van der Waals surface area contributed by atoms with Crippen molar-refractivity contribution in [1.82, 2.24) is 14.8 Å². The maximum atomic E-state index is 12.7. The molecule has 170 valence electrons. The molecule has 7 nitrogen and oxygen atoms in total. The molecule has 1 aromatic heterocycles. The van der Waals surface area contributed by atoms with Crippen LogP contribution in [0.5, 0.6) is 0 Å². The van der Waals surface area contributed by atoms with Gasteiger partial charge in [-0.05, 0) is 44.4 Å². The first-order chi connectivity index (χ1) is 14.8. The molecule has 2 saturated heterocycles. The fraction of sp³-hybridized carbons (Fsp3) is 0.667. The number of nitriles is 1. The molecule has 0 spiro atoms. The summed E-state index contributed by atoms with van der Waals surface area (Å²) < 4.78 is 38.0. The van der Waals surface area contributed by atoms with E-state index < -0.39 is 17.8 Å². The van der Waals surface area contributed by atoms with Crippen molar-refractivity contribution in [2.24, 2.45) is 5.73 Å². The van der Waals surface area contributed by atoms with Crippen molar-refractivity contribution in [3.05, 3.63) is 23.9 Å². The monoisotopic (exact) mass is 438 g/mol. The van der Waals surface area contributed by atoms with E-state index in [2.05, 4.69) is 16.0 Å². The third-order valence-electron chi connectivity index (χ3n) is 6.01. The van der Waals surface area contributed by atoms with Gasteiger partial charge in [0.15, 0.2) is 0 Å². The molecule has 1 aromatic rings. The number of pyridine rings is 1. The van der Waals surface area contributed by atoms with Crippen LogP contribution in [0.2, 0.25) is 0 Å². The molecule has 2 aliphatic rings. The standard InChI is InChI=1S/C21H29F3N6O/c22-21(23,24)16-6-7-19(27-15-16)29-12-10-28(11-13-29)8-2-1-5-18(26)20(31)30-9-3-4-17(30)14-25/h6-7,15,17-18H,1-5,8-13,26H2/t17-,18-/m0/s1. The summed E-state index contributed by atoms with van der Waals surface area (Å²) in [5.74, 6) is 0.441. The van der Waals surface area contributed by atoms with E-state index in [1.165, 1.54) is 6.07 Å². The van der Waals surface area contributed by atoms with Crippen LogP contribution in [0.25, 0.3) is 0 Å². The van der Waals surface area contributed by atoms with Gasteiger partial charge in [0.1, 0.15) is 11.9 Å². The van der Waals surface area contributed by atoms with E-state index in [0.29, 0.717) is 31.9 Å². The average molecular weight is 438 g/mol. The Morgan fingerprint density at radius 3 is 2.58 bits per heavy atom. The Morgan fingerprint density at radius 2 is 1.97 bits per heavy atom. The number of amides is 1. The number of piperazine rings is 1. The summed E-state index contributed by atoms with van der Waals surface area (Å²) in [5, 5.41) is 9.12. The van der Waals surface area contributed by atoms with E-state index in [9.17, 15) is 18.0 Å². The van der Waals surface area contributed by atoms with Crippen LogP contribution >= 0.6 is 0 Å². The molecular weight excluding hydrogens is 409 g/mol. The highest BCUT2D eigenvalue weighted by Gasteiger charge is 2.32. The van der Waals surface area contributed by atoms with E-state index in [-0.39, 0.29) is 11.9 Å². The molecule has 2 fully saturated rings. The van der Waals surface area contributed by atoms with Crippen molar-refractivity contribution in [3.63, 3.8) is 0 Å². The van der Waals surface area contributed by atoms with Crippen molar-refractivity contribution >= 4 is 11.7 Å². The first-order valence-electron chi connectivity index (χ1n) is 10.8. The van der Waals surface area contributed by atoms with E-state index >= 15 is 0 Å². The Labute approximate surface area is 180 Å². The SMILES string of the molecule is N#C[C@@H]1CCCN1C(=O)[C@@H](N)CCCCN1CCN(c2ccc(C(F)(F)F)cn2)CC1. The minimum atomic E-state index is -4.37. The average Bonchev–Trinajstić information content (AvgIpc) is 3.25. The number of halogens is 3. The zero-order valence-corrected chi connectivity index (χ0v) is 17.5. The van der Waals surface area contributed by atoms with Crippen LogP contribution in [-0.4, -0.2) is 72.0 Å². The number of nitrogens with two attached hydrogens (primary N) is 1. The number of alkyl halides is 3. The van der Waals surface area contributed by atoms with Gasteiger partial charge in [-0.15, -0.1) is 0 Å². The largest absolute Gasteiger partial charge is 0.417 e. The summed E-state index contributed by atoms with van der Waals surface area (Å²) in [6.07, 6.45) is 0.437. The first kappa shape index (κ1) is 23.3. The van der Waals surface area contributed by atoms with Crippen molar-refractivity contribution in [2.75, 3.05) is 44.2 Å². The van der Waals surface area contributed by atoms with Gasteiger partial charge in [-0.25, -0.2) is 4.98 Å². The number of carbonyl (C=O) groups is 1. The van der Waals surface area contributed by atoms with Gasteiger partial charge in [0, 0.05) is 38.9 Å². The molecule has 0 saturated carbocycles. The van der Waals surface area contributed by atoms with Crippen LogP contribution in [0, 0.1) is 11.3 Å². The van der Waals surface area contributed by atoms with E-state index in [1.807, 2.05) is 4.90 Å². The van der Waals surface area contributed by atoms with Crippen LogP contribution in [0.3, 0.4) is 0 Å². The summed E-state index contributed by atoms with van der Waals surface area (Å²) in [4.78, 5) is 22.3. The molecule has 31 heavy (non-hydrogen) atoms. The number of unbranched alkanes of at least 4 members (excludes halogenated alkanes) is 1. The highest BCUT2D eigenvalue weighted by Crippen LogP contribution is 2.29. The molecule has 0 aliphatic carbocycles. The Bertz CT molecular complexity index is 771. The minimum absolute atomic E-state index is 0.123. The lowest BCUT2D eigenvalue weighted by Gasteiger charge is -2.35. The van der Waals surface area contributed by atoms with Gasteiger partial charge in [0.25, 0.3) is 0 Å². The third-order valence-corrected chi connectivity index (χ3v) is 6.01. The zero-order chi connectivity index (χ0) is 22.4. The van der Waals surface area contributed by atoms with E-state index in [0.717, 1.165) is 57.6 Å². The molecule has 2 atom stereocenters. The van der Waals surface area contributed by atoms with Crippen molar-refractivity contribution in [2.45, 2.75) is 50.4 Å². The number of aromatic nitrogens is 1. The van der Waals surface area contributed by atoms with Crippen molar-refractivity contribution < 1.29 is 18.0 Å². The van der Waals surface area contributed by atoms with E-state index in [4.69, 9.17) is 11.0 Å². The Balaban J connectivity index is 1.34. The number of rotatable bonds is 7. The molecule has 3 rings (SSSR count). The fourth-order valence-corrected chi connectivity index (χ4v) is 4.14. The lowest BCUT2D eigenvalue weighted by atomic mass is 10.1. The predicted molar refractivity (Wildman–Crippen MR) is 110 cm³/mol. The maximum absolute atomic E-state index is 12.7. The van der Waals surface area contributed by atoms with Crippen molar-refractivity contribution in [1.29, 1.82) is 5.26 Å². The molecule has 3 heterocycles. The molecule has 1 amide bonds. The Kier molecular flexibility index (Phi) is 7.73. The molecule has 2 N–H and O–H groups in total. The number of carbonyl (C=O) groups excluding carboxylic acids is 1. The molecule has 2 aliphatic heterocycles. The normalized spacial score (nSPS) is 21.2. The summed E-state index contributed by atoms with van der Waals surface area (Å²) in [7, 11) is 0. The highest BCUT2D eigenvalue weighted by atomic mass is 19.4. The van der Waals surface area contributed by atoms with Gasteiger partial charge >= 0.3 is 6.18 Å². The van der Waals surface area contributed by atoms with Crippen LogP contribution in [-0.2, 0) is 11.0 Å². The number of hydrogen-bond donors (Lipinski definition) is 1. The quantitative estimate of drug-likeness (QED) is 0.657. The van der Waals surface area contributed by atoms with Crippen LogP contribution in [0.15, 0.2) is 18.3 Å². The number of hydrogen-bond acceptors (Lipinski definition) is 6. The first-order valence-corrected chi connectivity index (χ1v) is 10.8. The Hall–Kier alpha value is -2.38. The molecule has 0 unspecified atom stereocenters. The van der Waals surface area contributed by atoms with Gasteiger partial charge in [0.2, 0.25) is 5.91 Å². The third kappa shape index (κ3) is 6.08. The molecule has 0 bridgehead atoms. The van der Waals surface area contributed by atoms with Crippen molar-refractivity contribution in [3.8, 4) is 6.07 Å². The number of nitrogens with zero attached hydrogens (tertiary/aromatic N) is 5. The molecule has 0 aromatic carbocycles. The van der Waals surface area contributed by atoms with Crippen LogP contribution in [0.4, 0.5) is 19.0 Å². The summed E-state index contributed by atoms with van der Waals surface area (Å²) in [6, 6.07) is 3.77. The second-order valence-corrected chi connectivity index (χ2v) is 8.15. The van der Waals surface area contributed by atoms with Gasteiger partial charge in [-0.3, -0.25) is 9.69 Å². The topological polar surface area (TPSA) is 89.5 Å². The van der Waals surface area contributed by atoms with Gasteiger partial charge in [0.05, 0.1) is 17.7 Å². The minimum Gasteiger partial charge on any atom is -0.354 e. The van der Waals surface area contributed by atoms with Crippen LogP contribution < -0.4 is 10.6 Å². The number of likely N-dealkylation sites (tertiary alicyclic amines) is 1. The van der Waals surface area contributed by atoms with Gasteiger partial charge in [-0.1, -0.05) is 6.42 Å². The molecule has 10 heteroatoms. The zero-order valence-electron chi connectivity index (χ0n) is 17.5. The molecule has 0 radical (unpaired) electrons. The summed E-state index contributed by atoms with van der Waals surface area (Å²) >= 11 is 0. The highest BCUT2D eigenvalue weighted by molar-refractivity contribution is 5.82. The predicted octanol–water partition coefficient (Wildman–Crippen LogP) is 2.23. The lowest BCUT2D eigenvalue weighted by Crippen LogP contribution is -2.47. The number of anilines is 1. The summed E-state index contributed by atoms with van der Waals surface area (Å²) in [5.41, 5.74) is 5.32. The smallest absolute Gasteiger partial charge is 0.354 e. The fourth-order valence-electron chi connectivity index (χ4n) is 4.14. The van der Waals surface area contributed by atoms with Gasteiger partial charge in [-0.2, -0.15) is 18.4 Å². The molecular formula is C21H29F3N6O. The second kappa shape index (κ2) is 10.3. The van der Waals surface area contributed by atoms with Crippen LogP contribution in [0.1, 0.15) is 37.7 Å². The van der Waals surface area contributed by atoms with E-state index in [1.54, 1.807) is 4.90 Å². The second-order valence-electron chi connectivity index (χ2n) is 8.15. The van der Waals surface area contributed by atoms with Gasteiger partial charge < -0.3 is 15.5 Å².